The summed E-state index contributed by atoms with van der Waals surface area (Å²) in [5.41, 5.74) is 7.54. The van der Waals surface area contributed by atoms with Crippen LogP contribution in [0.15, 0.2) is 188 Å². The molecule has 12 rings (SSSR count). The van der Waals surface area contributed by atoms with Crippen molar-refractivity contribution >= 4 is 113 Å². The molecule has 0 aliphatic rings. The van der Waals surface area contributed by atoms with Crippen molar-refractivity contribution in [3.8, 4) is 17.1 Å². The lowest BCUT2D eigenvalue weighted by molar-refractivity contribution is 1.10. The third-order valence-corrected chi connectivity index (χ3v) is 13.6. The van der Waals surface area contributed by atoms with Crippen LogP contribution >= 0.6 is 22.7 Å². The van der Waals surface area contributed by atoms with Crippen LogP contribution in [-0.4, -0.2) is 9.55 Å². The summed E-state index contributed by atoms with van der Waals surface area (Å²) in [5.74, 6) is 0.922. The van der Waals surface area contributed by atoms with E-state index in [1.54, 1.807) is 0 Å². The van der Waals surface area contributed by atoms with E-state index in [9.17, 15) is 0 Å². The maximum Gasteiger partial charge on any atom is 0.145 e. The first-order valence-corrected chi connectivity index (χ1v) is 20.5. The van der Waals surface area contributed by atoms with Crippen LogP contribution < -0.4 is 4.90 Å². The maximum atomic E-state index is 5.16. The van der Waals surface area contributed by atoms with Crippen molar-refractivity contribution in [2.24, 2.45) is 0 Å². The molecule has 0 saturated carbocycles. The normalized spacial score (nSPS) is 11.9. The van der Waals surface area contributed by atoms with Crippen LogP contribution in [-0.2, 0) is 0 Å². The van der Waals surface area contributed by atoms with Crippen molar-refractivity contribution in [2.45, 2.75) is 0 Å². The van der Waals surface area contributed by atoms with E-state index >= 15 is 0 Å². The smallest absolute Gasteiger partial charge is 0.145 e. The molecule has 56 heavy (non-hydrogen) atoms. The molecule has 3 nitrogen and oxygen atoms in total. The summed E-state index contributed by atoms with van der Waals surface area (Å²) in [4.78, 5) is 7.58. The predicted molar refractivity (Wildman–Crippen MR) is 242 cm³/mol. The molecule has 5 heteroatoms. The Labute approximate surface area is 330 Å². The first-order valence-electron chi connectivity index (χ1n) is 18.9. The number of benzene rings is 9. The Bertz CT molecular complexity index is 3330. The number of imidazole rings is 1. The van der Waals surface area contributed by atoms with E-state index in [1.807, 2.05) is 22.7 Å². The summed E-state index contributed by atoms with van der Waals surface area (Å²) >= 11 is 3.77. The average Bonchev–Trinajstić information content (AvgIpc) is 3.96. The summed E-state index contributed by atoms with van der Waals surface area (Å²) in [5, 5.41) is 10.3. The van der Waals surface area contributed by atoms with E-state index < -0.39 is 0 Å². The van der Waals surface area contributed by atoms with Crippen LogP contribution in [0.3, 0.4) is 0 Å². The molecule has 0 radical (unpaired) electrons. The highest BCUT2D eigenvalue weighted by molar-refractivity contribution is 7.27. The number of anilines is 3. The first-order chi connectivity index (χ1) is 27.7. The molecule has 262 valence electrons. The molecule has 3 heterocycles. The minimum absolute atomic E-state index is 0.922. The van der Waals surface area contributed by atoms with Gasteiger partial charge < -0.3 is 4.90 Å². The number of hydrogen-bond donors (Lipinski definition) is 0. The molecule has 3 aromatic heterocycles. The number of aromatic nitrogens is 2. The largest absolute Gasteiger partial charge is 0.310 e. The number of fused-ring (bicyclic) bond motifs is 11. The second-order valence-electron chi connectivity index (χ2n) is 14.4. The van der Waals surface area contributed by atoms with Crippen LogP contribution in [0.4, 0.5) is 17.1 Å². The zero-order valence-corrected chi connectivity index (χ0v) is 31.7. The number of para-hydroxylation sites is 3. The number of thiophene rings is 2. The first kappa shape index (κ1) is 31.5. The van der Waals surface area contributed by atoms with Gasteiger partial charge in [0, 0.05) is 79.4 Å². The van der Waals surface area contributed by atoms with Crippen LogP contribution in [0.5, 0.6) is 0 Å². The molecule has 0 amide bonds. The van der Waals surface area contributed by atoms with Gasteiger partial charge in [0.05, 0.1) is 11.0 Å². The van der Waals surface area contributed by atoms with Crippen LogP contribution in [0.25, 0.3) is 90.0 Å². The molecule has 12 aromatic rings. The van der Waals surface area contributed by atoms with Crippen molar-refractivity contribution in [3.63, 3.8) is 0 Å². The van der Waals surface area contributed by atoms with Crippen molar-refractivity contribution in [3.05, 3.63) is 188 Å². The zero-order chi connectivity index (χ0) is 36.7. The predicted octanol–water partition coefficient (Wildman–Crippen LogP) is 15.2. The minimum Gasteiger partial charge on any atom is -0.310 e. The highest BCUT2D eigenvalue weighted by Crippen LogP contribution is 2.45. The number of rotatable bonds is 5. The van der Waals surface area contributed by atoms with E-state index in [0.29, 0.717) is 0 Å². The summed E-state index contributed by atoms with van der Waals surface area (Å²) in [6.07, 6.45) is 0. The Hall–Kier alpha value is -6.79. The molecule has 0 fully saturated rings. The second kappa shape index (κ2) is 12.4. The van der Waals surface area contributed by atoms with Crippen LogP contribution in [0.1, 0.15) is 0 Å². The van der Waals surface area contributed by atoms with Crippen molar-refractivity contribution in [1.29, 1.82) is 0 Å². The molecule has 9 aromatic carbocycles. The Morgan fingerprint density at radius 3 is 1.55 bits per heavy atom. The Kier molecular flexibility index (Phi) is 6.97. The van der Waals surface area contributed by atoms with Gasteiger partial charge in [-0.15, -0.1) is 22.7 Å². The molecule has 0 unspecified atom stereocenters. The van der Waals surface area contributed by atoms with Crippen LogP contribution in [0.2, 0.25) is 0 Å². The van der Waals surface area contributed by atoms with Gasteiger partial charge in [0.1, 0.15) is 5.82 Å². The molecular weight excluding hydrogens is 719 g/mol. The van der Waals surface area contributed by atoms with Gasteiger partial charge in [-0.05, 0) is 95.7 Å². The summed E-state index contributed by atoms with van der Waals surface area (Å²) in [6.45, 7) is 0. The monoisotopic (exact) mass is 749 g/mol. The third-order valence-electron chi connectivity index (χ3n) is 11.2. The topological polar surface area (TPSA) is 21.1 Å². The summed E-state index contributed by atoms with van der Waals surface area (Å²) in [7, 11) is 0. The fraction of sp³-hybridized carbons (Fsp3) is 0. The Morgan fingerprint density at radius 1 is 0.411 bits per heavy atom. The molecule has 0 spiro atoms. The second-order valence-corrected chi connectivity index (χ2v) is 16.5. The molecule has 0 N–H and O–H groups in total. The van der Waals surface area contributed by atoms with Gasteiger partial charge in [-0.1, -0.05) is 103 Å². The van der Waals surface area contributed by atoms with Gasteiger partial charge in [-0.3, -0.25) is 4.57 Å². The SMILES string of the molecule is c1ccc(-n2c(-c3ccc(N(c4ccc5ccc6c7ccccc7sc6c5c4)c4ccc5ccc6c7ccccc7sc6c5c4)cc3)nc3ccccc32)cc1. The molecule has 0 aliphatic heterocycles. The third kappa shape index (κ3) is 4.85. The fourth-order valence-electron chi connectivity index (χ4n) is 8.52. The molecular formula is C51H31N3S2. The quantitative estimate of drug-likeness (QED) is 0.175. The van der Waals surface area contributed by atoms with Gasteiger partial charge in [0.2, 0.25) is 0 Å². The lowest BCUT2D eigenvalue weighted by atomic mass is 10.0. The van der Waals surface area contributed by atoms with Crippen molar-refractivity contribution < 1.29 is 0 Å². The van der Waals surface area contributed by atoms with Gasteiger partial charge in [-0.25, -0.2) is 4.98 Å². The van der Waals surface area contributed by atoms with Gasteiger partial charge in [0.25, 0.3) is 0 Å². The van der Waals surface area contributed by atoms with Gasteiger partial charge in [-0.2, -0.15) is 0 Å². The molecule has 0 bridgehead atoms. The molecule has 0 atom stereocenters. The Balaban J connectivity index is 1.07. The lowest BCUT2D eigenvalue weighted by Gasteiger charge is -2.26. The Morgan fingerprint density at radius 2 is 0.929 bits per heavy atom. The minimum atomic E-state index is 0.922. The van der Waals surface area contributed by atoms with Crippen LogP contribution in [0, 0.1) is 0 Å². The fourth-order valence-corrected chi connectivity index (χ4v) is 11.0. The standard InChI is InChI=1S/C51H31N3S2/c1-2-10-35(11-3-1)54-46-15-7-6-14-45(46)52-51(54)34-20-24-36(25-21-34)53(37-26-18-32-22-28-41-39-12-4-8-16-47(39)55-49(41)43(32)30-37)38-27-19-33-23-29-42-40-13-5-9-17-48(40)56-50(42)44(33)31-38/h1-31H. The highest BCUT2D eigenvalue weighted by Gasteiger charge is 2.19. The van der Waals surface area contributed by atoms with Gasteiger partial charge >= 0.3 is 0 Å². The number of nitrogens with zero attached hydrogens (tertiary/aromatic N) is 3. The van der Waals surface area contributed by atoms with E-state index in [4.69, 9.17) is 4.98 Å². The van der Waals surface area contributed by atoms with Crippen molar-refractivity contribution in [2.75, 3.05) is 4.90 Å². The molecule has 0 aliphatic carbocycles. The van der Waals surface area contributed by atoms with E-state index in [-0.39, 0.29) is 0 Å². The average molecular weight is 750 g/mol. The van der Waals surface area contributed by atoms with E-state index in [2.05, 4.69) is 198 Å². The van der Waals surface area contributed by atoms with E-state index in [1.165, 1.54) is 61.9 Å². The summed E-state index contributed by atoms with van der Waals surface area (Å²) < 4.78 is 7.55. The highest BCUT2D eigenvalue weighted by atomic mass is 32.1. The maximum absolute atomic E-state index is 5.16. The van der Waals surface area contributed by atoms with E-state index in [0.717, 1.165) is 45.2 Å². The summed E-state index contributed by atoms with van der Waals surface area (Å²) in [6, 6.07) is 68.4. The number of hydrogen-bond acceptors (Lipinski definition) is 4. The van der Waals surface area contributed by atoms with Crippen molar-refractivity contribution in [1.82, 2.24) is 9.55 Å². The van der Waals surface area contributed by atoms with Gasteiger partial charge in [0.15, 0.2) is 0 Å². The molecule has 0 saturated heterocycles. The zero-order valence-electron chi connectivity index (χ0n) is 30.1. The lowest BCUT2D eigenvalue weighted by Crippen LogP contribution is -2.10.